The van der Waals surface area contributed by atoms with Gasteiger partial charge >= 0.3 is 0 Å². The van der Waals surface area contributed by atoms with Crippen molar-refractivity contribution in [3.05, 3.63) is 58.7 Å². The highest BCUT2D eigenvalue weighted by Gasteiger charge is 2.02. The number of methoxy groups -OCH3 is 2. The fraction of sp³-hybridized carbons (Fsp3) is 0.150. The van der Waals surface area contributed by atoms with Gasteiger partial charge in [-0.25, -0.2) is 4.39 Å². The minimum absolute atomic E-state index is 0.0470. The number of rotatable bonds is 3. The predicted octanol–water partition coefficient (Wildman–Crippen LogP) is 4.87. The van der Waals surface area contributed by atoms with Gasteiger partial charge in [0.1, 0.15) is 28.3 Å². The van der Waals surface area contributed by atoms with Crippen LogP contribution in [0.4, 0.5) is 4.39 Å². The zero-order chi connectivity index (χ0) is 20.9. The molecule has 0 fully saturated rings. The summed E-state index contributed by atoms with van der Waals surface area (Å²) in [5, 5.41) is 17.3. The minimum atomic E-state index is -0.556. The normalized spacial score (nSPS) is 8.93. The molecule has 0 saturated heterocycles. The summed E-state index contributed by atoms with van der Waals surface area (Å²) in [7, 11) is 3.08. The van der Waals surface area contributed by atoms with Gasteiger partial charge in [0.05, 0.1) is 31.6 Å². The van der Waals surface area contributed by atoms with Crippen molar-refractivity contribution in [2.75, 3.05) is 20.0 Å². The van der Waals surface area contributed by atoms with Crippen LogP contribution in [0.3, 0.4) is 0 Å². The number of nitrogens with zero attached hydrogens (tertiary/aromatic N) is 2. The van der Waals surface area contributed by atoms with Gasteiger partial charge in [0, 0.05) is 10.8 Å². The number of hydrogen-bond acceptors (Lipinski definition) is 7. The van der Waals surface area contributed by atoms with Crippen molar-refractivity contribution < 1.29 is 18.7 Å². The van der Waals surface area contributed by atoms with Crippen molar-refractivity contribution in [2.45, 2.75) is 0 Å². The lowest BCUT2D eigenvalue weighted by Gasteiger charge is -1.99. The lowest BCUT2D eigenvalue weighted by molar-refractivity contribution is 0.111. The molecular weight excluding hydrogens is 399 g/mol. The molecule has 0 spiro atoms. The number of thiol groups is 1. The Balaban J connectivity index is 0.000000239. The summed E-state index contributed by atoms with van der Waals surface area (Å²) >= 11 is 5.05. The average Bonchev–Trinajstić information content (AvgIpc) is 3.16. The van der Waals surface area contributed by atoms with E-state index in [0.29, 0.717) is 17.8 Å². The minimum Gasteiger partial charge on any atom is -0.497 e. The molecule has 5 nitrogen and oxygen atoms in total. The second-order valence-corrected chi connectivity index (χ2v) is 6.35. The van der Waals surface area contributed by atoms with Crippen molar-refractivity contribution in [2.24, 2.45) is 0 Å². The van der Waals surface area contributed by atoms with Crippen LogP contribution >= 0.6 is 24.0 Å². The van der Waals surface area contributed by atoms with Gasteiger partial charge in [0.2, 0.25) is 0 Å². The summed E-state index contributed by atoms with van der Waals surface area (Å²) in [6.45, 7) is 0. The molecule has 2 aromatic carbocycles. The fourth-order valence-electron chi connectivity index (χ4n) is 1.92. The molecule has 0 aliphatic rings. The monoisotopic (exact) mass is 416 g/mol. The molecule has 144 valence electrons. The lowest BCUT2D eigenvalue weighted by atomic mass is 10.2. The average molecular weight is 416 g/mol. The molecule has 0 unspecified atom stereocenters. The summed E-state index contributed by atoms with van der Waals surface area (Å²) in [6.07, 6.45) is 0.467. The lowest BCUT2D eigenvalue weighted by Crippen LogP contribution is -1.89. The molecule has 28 heavy (non-hydrogen) atoms. The summed E-state index contributed by atoms with van der Waals surface area (Å²) < 4.78 is 23.6. The Hall–Kier alpha value is -3.07. The van der Waals surface area contributed by atoms with E-state index in [-0.39, 0.29) is 5.56 Å². The highest BCUT2D eigenvalue weighted by atomic mass is 32.1. The van der Waals surface area contributed by atoms with Crippen LogP contribution in [0.5, 0.6) is 11.5 Å². The van der Waals surface area contributed by atoms with E-state index in [1.807, 2.05) is 24.3 Å². The number of hydrogen-bond donors (Lipinski definition) is 1. The van der Waals surface area contributed by atoms with Crippen molar-refractivity contribution in [1.82, 2.24) is 0 Å². The van der Waals surface area contributed by atoms with E-state index in [1.165, 1.54) is 36.6 Å². The van der Waals surface area contributed by atoms with Gasteiger partial charge in [-0.1, -0.05) is 0 Å². The third-order valence-electron chi connectivity index (χ3n) is 3.24. The first-order valence-electron chi connectivity index (χ1n) is 7.77. The van der Waals surface area contributed by atoms with E-state index in [1.54, 1.807) is 13.2 Å². The summed E-state index contributed by atoms with van der Waals surface area (Å²) in [6, 6.07) is 15.7. The highest BCUT2D eigenvalue weighted by Crippen LogP contribution is 2.28. The maximum absolute atomic E-state index is 12.7. The summed E-state index contributed by atoms with van der Waals surface area (Å²) in [5.74, 6) is 1.01. The van der Waals surface area contributed by atoms with Crippen molar-refractivity contribution >= 4 is 40.3 Å². The van der Waals surface area contributed by atoms with Gasteiger partial charge in [-0.3, -0.25) is 4.79 Å². The molecule has 8 heteroatoms. The first-order chi connectivity index (χ1) is 13.5. The van der Waals surface area contributed by atoms with E-state index in [0.717, 1.165) is 20.7 Å². The molecular formula is C20H17FN2O3S2. The van der Waals surface area contributed by atoms with Crippen LogP contribution in [0.15, 0.2) is 42.5 Å². The SMILES string of the molecule is COc1ccc(C=O)c(F)c1.COc1ccc2cc(C#N)sc2c1.N#CCS. The Bertz CT molecular complexity index is 1010. The summed E-state index contributed by atoms with van der Waals surface area (Å²) in [4.78, 5) is 10.9. The van der Waals surface area contributed by atoms with Gasteiger partial charge in [-0.15, -0.1) is 11.3 Å². The van der Waals surface area contributed by atoms with Crippen LogP contribution in [0.1, 0.15) is 15.2 Å². The highest BCUT2D eigenvalue weighted by molar-refractivity contribution is 7.80. The first-order valence-corrected chi connectivity index (χ1v) is 9.22. The third kappa shape index (κ3) is 6.92. The Labute approximate surface area is 172 Å². The van der Waals surface area contributed by atoms with E-state index in [9.17, 15) is 9.18 Å². The smallest absolute Gasteiger partial charge is 0.152 e. The quantitative estimate of drug-likeness (QED) is 0.487. The Morgan fingerprint density at radius 3 is 2.21 bits per heavy atom. The molecule has 0 bridgehead atoms. The van der Waals surface area contributed by atoms with Crippen LogP contribution in [0, 0.1) is 28.5 Å². The zero-order valence-corrected chi connectivity index (χ0v) is 16.9. The number of aldehydes is 1. The number of ether oxygens (including phenoxy) is 2. The number of benzene rings is 2. The van der Waals surface area contributed by atoms with Crippen molar-refractivity contribution in [1.29, 1.82) is 10.5 Å². The topological polar surface area (TPSA) is 83.1 Å². The van der Waals surface area contributed by atoms with Gasteiger partial charge in [-0.2, -0.15) is 23.2 Å². The molecule has 3 rings (SSSR count). The zero-order valence-electron chi connectivity index (χ0n) is 15.2. The Morgan fingerprint density at radius 1 is 1.11 bits per heavy atom. The van der Waals surface area contributed by atoms with Gasteiger partial charge in [0.15, 0.2) is 6.29 Å². The number of thiophene rings is 1. The molecule has 0 saturated carbocycles. The molecule has 0 N–H and O–H groups in total. The fourth-order valence-corrected chi connectivity index (χ4v) is 2.81. The van der Waals surface area contributed by atoms with E-state index in [2.05, 4.69) is 18.7 Å². The Morgan fingerprint density at radius 2 is 1.71 bits per heavy atom. The van der Waals surface area contributed by atoms with E-state index >= 15 is 0 Å². The van der Waals surface area contributed by atoms with Gasteiger partial charge in [0.25, 0.3) is 0 Å². The van der Waals surface area contributed by atoms with Crippen LogP contribution in [-0.2, 0) is 0 Å². The predicted molar refractivity (Wildman–Crippen MR) is 111 cm³/mol. The largest absolute Gasteiger partial charge is 0.497 e. The molecule has 3 aromatic rings. The molecule has 0 aliphatic carbocycles. The van der Waals surface area contributed by atoms with Crippen molar-refractivity contribution in [3.8, 4) is 23.6 Å². The number of fused-ring (bicyclic) bond motifs is 1. The number of carbonyl (C=O) groups is 1. The van der Waals surface area contributed by atoms with E-state index in [4.69, 9.17) is 20.0 Å². The molecule has 0 aliphatic heterocycles. The molecule has 1 aromatic heterocycles. The molecule has 0 amide bonds. The first kappa shape index (κ1) is 23.0. The number of nitriles is 2. The van der Waals surface area contributed by atoms with Crippen LogP contribution in [0.25, 0.3) is 10.1 Å². The second-order valence-electron chi connectivity index (χ2n) is 4.95. The van der Waals surface area contributed by atoms with Crippen LogP contribution in [-0.4, -0.2) is 26.3 Å². The van der Waals surface area contributed by atoms with Gasteiger partial charge in [-0.05, 0) is 41.8 Å². The van der Waals surface area contributed by atoms with Gasteiger partial charge < -0.3 is 9.47 Å². The standard InChI is InChI=1S/C10H7NOS.C8H7FO2.C2H3NS/c1-12-8-3-2-7-4-9(6-11)13-10(7)5-8;1-11-7-3-2-6(5-10)8(9)4-7;3-1-2-4/h2-5H,1H3;2-5H,1H3;4H,2H2. The van der Waals surface area contributed by atoms with E-state index < -0.39 is 5.82 Å². The maximum Gasteiger partial charge on any atom is 0.152 e. The number of halogens is 1. The molecule has 0 radical (unpaired) electrons. The summed E-state index contributed by atoms with van der Waals surface area (Å²) in [5.41, 5.74) is 0.0470. The Kier molecular flexibility index (Phi) is 10.1. The molecule has 1 heterocycles. The number of carbonyl (C=O) groups excluding carboxylic acids is 1. The van der Waals surface area contributed by atoms with Crippen LogP contribution in [0.2, 0.25) is 0 Å². The maximum atomic E-state index is 12.7. The third-order valence-corrected chi connectivity index (χ3v) is 4.39. The van der Waals surface area contributed by atoms with Crippen LogP contribution < -0.4 is 9.47 Å². The second kappa shape index (κ2) is 12.3. The van der Waals surface area contributed by atoms with Crippen molar-refractivity contribution in [3.63, 3.8) is 0 Å². The molecule has 0 atom stereocenters.